The molecule has 0 aliphatic heterocycles. The summed E-state index contributed by atoms with van der Waals surface area (Å²) in [6, 6.07) is 0. The van der Waals surface area contributed by atoms with E-state index < -0.39 is 17.4 Å². The first kappa shape index (κ1) is 13.2. The van der Waals surface area contributed by atoms with E-state index in [0.29, 0.717) is 18.6 Å². The van der Waals surface area contributed by atoms with Crippen molar-refractivity contribution in [2.45, 2.75) is 39.2 Å². The van der Waals surface area contributed by atoms with E-state index in [2.05, 4.69) is 10.5 Å². The van der Waals surface area contributed by atoms with Gasteiger partial charge in [0.1, 0.15) is 16.9 Å². The molecule has 1 aromatic heterocycles. The van der Waals surface area contributed by atoms with E-state index in [4.69, 9.17) is 4.52 Å². The largest absolute Gasteiger partial charge is 0.480 e. The van der Waals surface area contributed by atoms with Crippen LogP contribution in [0.3, 0.4) is 0 Å². The maximum Gasteiger partial charge on any atom is 0.329 e. The summed E-state index contributed by atoms with van der Waals surface area (Å²) in [5.41, 5.74) is -0.974. The molecule has 0 aliphatic rings. The fraction of sp³-hybridized carbons (Fsp3) is 0.545. The molecule has 0 atom stereocenters. The van der Waals surface area contributed by atoms with Crippen LogP contribution in [0.4, 0.5) is 0 Å². The van der Waals surface area contributed by atoms with Crippen molar-refractivity contribution in [2.24, 2.45) is 0 Å². The normalized spacial score (nSPS) is 11.2. The van der Waals surface area contributed by atoms with Gasteiger partial charge in [0.25, 0.3) is 5.91 Å². The van der Waals surface area contributed by atoms with Gasteiger partial charge in [0.2, 0.25) is 0 Å². The van der Waals surface area contributed by atoms with Gasteiger partial charge < -0.3 is 14.9 Å². The minimum absolute atomic E-state index is 0.262. The number of amides is 1. The Balaban J connectivity index is 2.93. The van der Waals surface area contributed by atoms with Crippen LogP contribution in [0.5, 0.6) is 0 Å². The van der Waals surface area contributed by atoms with Crippen LogP contribution < -0.4 is 5.32 Å². The van der Waals surface area contributed by atoms with Crippen LogP contribution in [0.2, 0.25) is 0 Å². The third-order valence-electron chi connectivity index (χ3n) is 2.96. The number of carboxylic acid groups (broad SMARTS) is 1. The number of nitrogens with one attached hydrogen (secondary N) is 1. The molecule has 6 nitrogen and oxygen atoms in total. The number of carbonyl (C=O) groups is 2. The van der Waals surface area contributed by atoms with Crippen molar-refractivity contribution in [1.29, 1.82) is 0 Å². The van der Waals surface area contributed by atoms with Gasteiger partial charge in [-0.3, -0.25) is 4.79 Å². The van der Waals surface area contributed by atoms with Gasteiger partial charge in [-0.05, 0) is 19.8 Å². The zero-order valence-corrected chi connectivity index (χ0v) is 10.1. The molecular weight excluding hydrogens is 224 g/mol. The van der Waals surface area contributed by atoms with Crippen molar-refractivity contribution in [1.82, 2.24) is 10.5 Å². The highest BCUT2D eigenvalue weighted by atomic mass is 16.5. The fourth-order valence-corrected chi connectivity index (χ4v) is 1.58. The van der Waals surface area contributed by atoms with Crippen molar-refractivity contribution < 1.29 is 19.2 Å². The number of rotatable bonds is 5. The molecule has 0 saturated heterocycles. The highest BCUT2D eigenvalue weighted by Gasteiger charge is 2.37. The van der Waals surface area contributed by atoms with Crippen LogP contribution in [-0.2, 0) is 4.79 Å². The van der Waals surface area contributed by atoms with Gasteiger partial charge in [0.05, 0.1) is 6.20 Å². The number of hydrogen-bond donors (Lipinski definition) is 2. The van der Waals surface area contributed by atoms with Crippen molar-refractivity contribution in [3.05, 3.63) is 17.5 Å². The number of hydrogen-bond acceptors (Lipinski definition) is 4. The van der Waals surface area contributed by atoms with Crippen LogP contribution in [0, 0.1) is 6.92 Å². The van der Waals surface area contributed by atoms with E-state index in [-0.39, 0.29) is 5.56 Å². The van der Waals surface area contributed by atoms with Crippen LogP contribution >= 0.6 is 0 Å². The lowest BCUT2D eigenvalue weighted by atomic mass is 9.92. The topological polar surface area (TPSA) is 92.4 Å². The van der Waals surface area contributed by atoms with Gasteiger partial charge in [-0.15, -0.1) is 0 Å². The molecule has 0 bridgehead atoms. The van der Waals surface area contributed by atoms with Crippen molar-refractivity contribution in [3.63, 3.8) is 0 Å². The molecule has 0 aromatic carbocycles. The van der Waals surface area contributed by atoms with Crippen LogP contribution in [0.15, 0.2) is 10.7 Å². The summed E-state index contributed by atoms with van der Waals surface area (Å²) in [5.74, 6) is -1.14. The van der Waals surface area contributed by atoms with Gasteiger partial charge in [0.15, 0.2) is 0 Å². The highest BCUT2D eigenvalue weighted by molar-refractivity contribution is 5.98. The smallest absolute Gasteiger partial charge is 0.329 e. The summed E-state index contributed by atoms with van der Waals surface area (Å²) in [7, 11) is 0. The lowest BCUT2D eigenvalue weighted by molar-refractivity contribution is -0.144. The van der Waals surface area contributed by atoms with E-state index in [1.165, 1.54) is 6.20 Å². The molecule has 1 aromatic rings. The lowest BCUT2D eigenvalue weighted by Gasteiger charge is -2.27. The first-order chi connectivity index (χ1) is 7.96. The maximum absolute atomic E-state index is 11.9. The molecule has 1 amide bonds. The van der Waals surface area contributed by atoms with E-state index in [1.54, 1.807) is 20.8 Å². The van der Waals surface area contributed by atoms with E-state index in [1.807, 2.05) is 0 Å². The van der Waals surface area contributed by atoms with Crippen LogP contribution in [0.25, 0.3) is 0 Å². The van der Waals surface area contributed by atoms with E-state index >= 15 is 0 Å². The van der Waals surface area contributed by atoms with Crippen molar-refractivity contribution in [2.75, 3.05) is 0 Å². The van der Waals surface area contributed by atoms with Crippen molar-refractivity contribution >= 4 is 11.9 Å². The number of carboxylic acids is 1. The summed E-state index contributed by atoms with van der Waals surface area (Å²) >= 11 is 0. The van der Waals surface area contributed by atoms with E-state index in [9.17, 15) is 14.7 Å². The van der Waals surface area contributed by atoms with Crippen LogP contribution in [0.1, 0.15) is 42.8 Å². The number of nitrogens with zero attached hydrogens (tertiary/aromatic N) is 1. The zero-order chi connectivity index (χ0) is 13.1. The predicted molar refractivity (Wildman–Crippen MR) is 59.7 cm³/mol. The number of aromatic nitrogens is 1. The summed E-state index contributed by atoms with van der Waals surface area (Å²) in [6.45, 7) is 5.04. The van der Waals surface area contributed by atoms with Gasteiger partial charge in [-0.2, -0.15) is 0 Å². The second-order valence-electron chi connectivity index (χ2n) is 3.84. The standard InChI is InChI=1S/C11H16N2O4/c1-4-11(5-2,10(15)16)13-9(14)8-6-12-17-7(8)3/h6H,4-5H2,1-3H3,(H,13,14)(H,15,16). The molecular formula is C11H16N2O4. The summed E-state index contributed by atoms with van der Waals surface area (Å²) in [6.07, 6.45) is 1.91. The predicted octanol–water partition coefficient (Wildman–Crippen LogP) is 1.36. The molecule has 6 heteroatoms. The average molecular weight is 240 g/mol. The van der Waals surface area contributed by atoms with Gasteiger partial charge in [0, 0.05) is 0 Å². The number of aliphatic carboxylic acids is 1. The Morgan fingerprint density at radius 2 is 2.06 bits per heavy atom. The molecule has 0 unspecified atom stereocenters. The fourth-order valence-electron chi connectivity index (χ4n) is 1.58. The molecule has 0 saturated carbocycles. The van der Waals surface area contributed by atoms with Gasteiger partial charge in [-0.25, -0.2) is 4.79 Å². The van der Waals surface area contributed by atoms with E-state index in [0.717, 1.165) is 0 Å². The zero-order valence-electron chi connectivity index (χ0n) is 10.1. The minimum atomic E-state index is -1.24. The molecule has 2 N–H and O–H groups in total. The summed E-state index contributed by atoms with van der Waals surface area (Å²) < 4.78 is 4.77. The molecule has 0 radical (unpaired) electrons. The highest BCUT2D eigenvalue weighted by Crippen LogP contribution is 2.17. The molecule has 1 rings (SSSR count). The third-order valence-corrected chi connectivity index (χ3v) is 2.96. The molecule has 94 valence electrons. The molecule has 0 fully saturated rings. The Bertz CT molecular complexity index is 421. The Morgan fingerprint density at radius 1 is 1.47 bits per heavy atom. The summed E-state index contributed by atoms with van der Waals surface area (Å²) in [5, 5.41) is 15.2. The van der Waals surface area contributed by atoms with Gasteiger partial charge in [-0.1, -0.05) is 19.0 Å². The van der Waals surface area contributed by atoms with Crippen molar-refractivity contribution in [3.8, 4) is 0 Å². The molecule has 1 heterocycles. The number of aryl methyl sites for hydroxylation is 1. The lowest BCUT2D eigenvalue weighted by Crippen LogP contribution is -2.53. The quantitative estimate of drug-likeness (QED) is 0.810. The molecule has 0 spiro atoms. The average Bonchev–Trinajstić information content (AvgIpc) is 2.72. The Morgan fingerprint density at radius 3 is 2.41 bits per heavy atom. The first-order valence-corrected chi connectivity index (χ1v) is 5.44. The molecule has 0 aliphatic carbocycles. The van der Waals surface area contributed by atoms with Gasteiger partial charge >= 0.3 is 5.97 Å². The van der Waals surface area contributed by atoms with Crippen LogP contribution in [-0.4, -0.2) is 27.7 Å². The maximum atomic E-state index is 11.9. The minimum Gasteiger partial charge on any atom is -0.480 e. The Hall–Kier alpha value is -1.85. The SMILES string of the molecule is CCC(CC)(NC(=O)c1cnoc1C)C(=O)O. The molecule has 17 heavy (non-hydrogen) atoms. The third kappa shape index (κ3) is 2.46. The Kier molecular flexibility index (Phi) is 3.88. The first-order valence-electron chi connectivity index (χ1n) is 5.44. The second kappa shape index (κ2) is 4.99. The Labute approximate surface area is 99.0 Å². The number of carbonyl (C=O) groups excluding carboxylic acids is 1. The summed E-state index contributed by atoms with van der Waals surface area (Å²) in [4.78, 5) is 23.1. The monoisotopic (exact) mass is 240 g/mol. The second-order valence-corrected chi connectivity index (χ2v) is 3.84.